The highest BCUT2D eigenvalue weighted by molar-refractivity contribution is 7.09. The molecule has 33 heavy (non-hydrogen) atoms. The number of nitrogens with one attached hydrogen (secondary N) is 1. The molecule has 6 N–H and O–H groups in total. The molecular weight excluding hydrogens is 434 g/mol. The Balaban J connectivity index is 0.000000411. The number of aliphatic hydroxyl groups is 1. The van der Waals surface area contributed by atoms with E-state index < -0.39 is 11.4 Å². The summed E-state index contributed by atoms with van der Waals surface area (Å²) in [5.74, 6) is 0.621. The van der Waals surface area contributed by atoms with E-state index in [0.29, 0.717) is 25.9 Å². The highest BCUT2D eigenvalue weighted by atomic mass is 32.1. The first-order valence-corrected chi connectivity index (χ1v) is 12.4. The third-order valence-electron chi connectivity index (χ3n) is 6.25. The maximum Gasteiger partial charge on any atom is 0.237 e. The molecule has 2 aliphatic rings. The Bertz CT molecular complexity index is 900. The van der Waals surface area contributed by atoms with Gasteiger partial charge >= 0.3 is 0 Å². The molecule has 2 aromatic rings. The molecule has 0 atom stereocenters. The van der Waals surface area contributed by atoms with Gasteiger partial charge in [0.1, 0.15) is 0 Å². The number of aromatic nitrogens is 1. The van der Waals surface area contributed by atoms with Gasteiger partial charge in [0, 0.05) is 25.6 Å². The van der Waals surface area contributed by atoms with Gasteiger partial charge in [-0.3, -0.25) is 4.79 Å². The number of carbonyl (C=O) groups is 1. The van der Waals surface area contributed by atoms with Crippen molar-refractivity contribution >= 4 is 34.3 Å². The summed E-state index contributed by atoms with van der Waals surface area (Å²) < 4.78 is 0. The lowest BCUT2D eigenvalue weighted by Crippen LogP contribution is -2.58. The quantitative estimate of drug-likeness (QED) is 0.519. The summed E-state index contributed by atoms with van der Waals surface area (Å²) in [4.78, 5) is 18.2. The number of hydrogen-bond acceptors (Lipinski definition) is 7. The number of nitrogens with zero attached hydrogens (tertiary/aromatic N) is 2. The molecule has 7 nitrogen and oxygen atoms in total. The Labute approximate surface area is 201 Å². The Morgan fingerprint density at radius 3 is 2.33 bits per heavy atom. The maximum atomic E-state index is 11.5. The predicted molar refractivity (Wildman–Crippen MR) is 139 cm³/mol. The van der Waals surface area contributed by atoms with Crippen LogP contribution in [0.2, 0.25) is 0 Å². The van der Waals surface area contributed by atoms with E-state index in [0.717, 1.165) is 40.8 Å². The standard InChI is InChI=1S/C18H23N5OS.C6H12.CH4O/c1-12(15-11-25-13(2)22-15)21-14-5-3-4-6-16(14)23-9-7-18(20,8-10-23)17(19)24;1-6-4-2-3-5-6;1-2/h3-6,11,21H,1,7-10,20H2,2H3,(H2,19,24);6H,2-5H2,1H3;2H,1H3. The number of nitrogens with two attached hydrogens (primary N) is 2. The van der Waals surface area contributed by atoms with Crippen molar-refractivity contribution in [3.8, 4) is 0 Å². The Hall–Kier alpha value is -2.42. The van der Waals surface area contributed by atoms with Crippen molar-refractivity contribution < 1.29 is 9.90 Å². The summed E-state index contributed by atoms with van der Waals surface area (Å²) in [5, 5.41) is 13.4. The average Bonchev–Trinajstić information content (AvgIpc) is 3.47. The molecule has 182 valence electrons. The third-order valence-corrected chi connectivity index (χ3v) is 7.02. The molecule has 2 fully saturated rings. The van der Waals surface area contributed by atoms with E-state index in [2.05, 4.69) is 34.8 Å². The third kappa shape index (κ3) is 7.55. The lowest BCUT2D eigenvalue weighted by Gasteiger charge is -2.39. The van der Waals surface area contributed by atoms with Gasteiger partial charge in [-0.05, 0) is 37.8 Å². The molecular formula is C25H39N5O2S. The minimum atomic E-state index is -0.902. The summed E-state index contributed by atoms with van der Waals surface area (Å²) in [6.45, 7) is 9.77. The molecule has 1 aromatic carbocycles. The van der Waals surface area contributed by atoms with Crippen LogP contribution in [0.15, 0.2) is 36.2 Å². The summed E-state index contributed by atoms with van der Waals surface area (Å²) in [6.07, 6.45) is 7.04. The van der Waals surface area contributed by atoms with Crippen LogP contribution in [-0.4, -0.2) is 41.7 Å². The molecule has 1 aliphatic heterocycles. The monoisotopic (exact) mass is 473 g/mol. The number of benzene rings is 1. The fraction of sp³-hybridized carbons (Fsp3) is 0.520. The van der Waals surface area contributed by atoms with Crippen molar-refractivity contribution in [1.82, 2.24) is 4.98 Å². The molecule has 0 spiro atoms. The van der Waals surface area contributed by atoms with E-state index >= 15 is 0 Å². The number of rotatable bonds is 5. The number of hydrogen-bond donors (Lipinski definition) is 4. The molecule has 0 radical (unpaired) electrons. The molecule has 1 aromatic heterocycles. The summed E-state index contributed by atoms with van der Waals surface area (Å²) in [7, 11) is 1.00. The number of carbonyl (C=O) groups excluding carboxylic acids is 1. The molecule has 0 bridgehead atoms. The van der Waals surface area contributed by atoms with Crippen molar-refractivity contribution in [3.63, 3.8) is 0 Å². The van der Waals surface area contributed by atoms with Gasteiger partial charge in [0.25, 0.3) is 0 Å². The van der Waals surface area contributed by atoms with Crippen molar-refractivity contribution in [1.29, 1.82) is 0 Å². The number of aliphatic hydroxyl groups excluding tert-OH is 1. The van der Waals surface area contributed by atoms with Crippen molar-refractivity contribution in [2.24, 2.45) is 17.4 Å². The van der Waals surface area contributed by atoms with Gasteiger partial charge in [0.05, 0.1) is 33.3 Å². The van der Waals surface area contributed by atoms with E-state index in [-0.39, 0.29) is 0 Å². The minimum absolute atomic E-state index is 0.425. The van der Waals surface area contributed by atoms with Crippen molar-refractivity contribution in [2.45, 2.75) is 57.9 Å². The Kier molecular flexibility index (Phi) is 10.3. The lowest BCUT2D eigenvalue weighted by molar-refractivity contribution is -0.123. The van der Waals surface area contributed by atoms with Crippen LogP contribution in [0.1, 0.15) is 56.2 Å². The number of anilines is 2. The fourth-order valence-corrected chi connectivity index (χ4v) is 4.73. The second-order valence-electron chi connectivity index (χ2n) is 8.77. The Morgan fingerprint density at radius 1 is 1.24 bits per heavy atom. The first-order chi connectivity index (χ1) is 15.8. The number of para-hydroxylation sites is 2. The zero-order valence-corrected chi connectivity index (χ0v) is 21.0. The number of aryl methyl sites for hydroxylation is 1. The van der Waals surface area contributed by atoms with Gasteiger partial charge in [-0.25, -0.2) is 4.98 Å². The van der Waals surface area contributed by atoms with E-state index in [9.17, 15) is 4.79 Å². The normalized spacial score (nSPS) is 17.3. The van der Waals surface area contributed by atoms with Crippen LogP contribution in [-0.2, 0) is 4.79 Å². The van der Waals surface area contributed by atoms with Gasteiger partial charge < -0.3 is 26.8 Å². The van der Waals surface area contributed by atoms with Gasteiger partial charge in [0.15, 0.2) is 0 Å². The van der Waals surface area contributed by atoms with Crippen molar-refractivity contribution in [2.75, 3.05) is 30.4 Å². The smallest absolute Gasteiger partial charge is 0.237 e. The highest BCUT2D eigenvalue weighted by Crippen LogP contribution is 2.32. The van der Waals surface area contributed by atoms with Crippen LogP contribution in [0.4, 0.5) is 11.4 Å². The van der Waals surface area contributed by atoms with Crippen LogP contribution in [0, 0.1) is 12.8 Å². The molecule has 1 saturated carbocycles. The van der Waals surface area contributed by atoms with Crippen LogP contribution < -0.4 is 21.7 Å². The second-order valence-corrected chi connectivity index (χ2v) is 9.83. The van der Waals surface area contributed by atoms with Crippen LogP contribution in [0.3, 0.4) is 0 Å². The van der Waals surface area contributed by atoms with Crippen molar-refractivity contribution in [3.05, 3.63) is 46.9 Å². The van der Waals surface area contributed by atoms with Gasteiger partial charge in [0.2, 0.25) is 5.91 Å². The predicted octanol–water partition coefficient (Wildman–Crippen LogP) is 4.12. The van der Waals surface area contributed by atoms with E-state index in [4.69, 9.17) is 16.6 Å². The van der Waals surface area contributed by atoms with E-state index in [1.165, 1.54) is 25.7 Å². The molecule has 8 heteroatoms. The topological polar surface area (TPSA) is 118 Å². The molecule has 0 unspecified atom stereocenters. The SMILES string of the molecule is C=C(Nc1ccccc1N1CCC(N)(C(N)=O)CC1)c1csc(C)n1.CC1CCCC1.CO. The average molecular weight is 474 g/mol. The van der Waals surface area contributed by atoms with Crippen LogP contribution in [0.5, 0.6) is 0 Å². The minimum Gasteiger partial charge on any atom is -0.400 e. The van der Waals surface area contributed by atoms with E-state index in [1.807, 2.05) is 30.5 Å². The van der Waals surface area contributed by atoms with E-state index in [1.54, 1.807) is 11.3 Å². The summed E-state index contributed by atoms with van der Waals surface area (Å²) >= 11 is 1.60. The second kappa shape index (κ2) is 12.7. The number of amides is 1. The lowest BCUT2D eigenvalue weighted by atomic mass is 9.87. The Morgan fingerprint density at radius 2 is 1.85 bits per heavy atom. The molecule has 4 rings (SSSR count). The number of piperidine rings is 1. The molecule has 1 saturated heterocycles. The first-order valence-electron chi connectivity index (χ1n) is 11.5. The zero-order chi connectivity index (χ0) is 24.4. The first kappa shape index (κ1) is 26.8. The van der Waals surface area contributed by atoms with Crippen LogP contribution in [0.25, 0.3) is 5.70 Å². The largest absolute Gasteiger partial charge is 0.400 e. The fourth-order valence-electron chi connectivity index (χ4n) is 4.11. The molecule has 1 amide bonds. The maximum absolute atomic E-state index is 11.5. The zero-order valence-electron chi connectivity index (χ0n) is 20.1. The van der Waals surface area contributed by atoms with Gasteiger partial charge in [-0.2, -0.15) is 0 Å². The molecule has 2 heterocycles. The van der Waals surface area contributed by atoms with Crippen LogP contribution >= 0.6 is 11.3 Å². The molecule has 1 aliphatic carbocycles. The number of primary amides is 1. The summed E-state index contributed by atoms with van der Waals surface area (Å²) in [5.41, 5.74) is 14.3. The summed E-state index contributed by atoms with van der Waals surface area (Å²) in [6, 6.07) is 8.04. The highest BCUT2D eigenvalue weighted by Gasteiger charge is 2.36. The van der Waals surface area contributed by atoms with Gasteiger partial charge in [-0.15, -0.1) is 11.3 Å². The number of thiazole rings is 1. The van der Waals surface area contributed by atoms with Gasteiger partial charge in [-0.1, -0.05) is 51.3 Å².